The van der Waals surface area contributed by atoms with Crippen LogP contribution in [-0.2, 0) is 0 Å². The summed E-state index contributed by atoms with van der Waals surface area (Å²) in [5.74, 6) is 0.834. The summed E-state index contributed by atoms with van der Waals surface area (Å²) in [6.45, 7) is 0. The van der Waals surface area contributed by atoms with Gasteiger partial charge in [0.05, 0.1) is 12.5 Å². The Bertz CT molecular complexity index is 689. The SMILES string of the molecule is COc1ccc(-c2noc3ccc(I)cc23)cc1. The highest BCUT2D eigenvalue weighted by molar-refractivity contribution is 14.1. The third-order valence-corrected chi connectivity index (χ3v) is 3.47. The number of rotatable bonds is 2. The van der Waals surface area contributed by atoms with Gasteiger partial charge in [-0.05, 0) is 65.1 Å². The van der Waals surface area contributed by atoms with Gasteiger partial charge in [-0.1, -0.05) is 5.16 Å². The second-order valence-corrected chi connectivity index (χ2v) is 5.15. The maximum absolute atomic E-state index is 5.33. The van der Waals surface area contributed by atoms with Crippen molar-refractivity contribution in [2.75, 3.05) is 7.11 Å². The topological polar surface area (TPSA) is 35.3 Å². The van der Waals surface area contributed by atoms with Gasteiger partial charge in [0.25, 0.3) is 0 Å². The van der Waals surface area contributed by atoms with Crippen LogP contribution >= 0.6 is 22.6 Å². The molecule has 1 heterocycles. The normalized spacial score (nSPS) is 10.8. The molecule has 0 N–H and O–H groups in total. The van der Waals surface area contributed by atoms with Gasteiger partial charge < -0.3 is 9.26 Å². The number of ether oxygens (including phenoxy) is 1. The number of nitrogens with zero attached hydrogens (tertiary/aromatic N) is 1. The first-order chi connectivity index (χ1) is 8.78. The van der Waals surface area contributed by atoms with Crippen molar-refractivity contribution in [2.24, 2.45) is 0 Å². The number of benzene rings is 2. The minimum atomic E-state index is 0.807. The second kappa shape index (κ2) is 4.61. The molecule has 0 saturated carbocycles. The van der Waals surface area contributed by atoms with Crippen molar-refractivity contribution in [1.82, 2.24) is 5.16 Å². The molecule has 0 bridgehead atoms. The zero-order chi connectivity index (χ0) is 12.5. The third-order valence-electron chi connectivity index (χ3n) is 2.80. The van der Waals surface area contributed by atoms with Crippen molar-refractivity contribution in [3.8, 4) is 17.0 Å². The Labute approximate surface area is 118 Å². The molecule has 3 rings (SSSR count). The van der Waals surface area contributed by atoms with Crippen LogP contribution < -0.4 is 4.74 Å². The van der Waals surface area contributed by atoms with E-state index in [1.54, 1.807) is 7.11 Å². The molecule has 0 spiro atoms. The lowest BCUT2D eigenvalue weighted by atomic mass is 10.1. The Hall–Kier alpha value is -1.56. The molecule has 0 aliphatic rings. The number of methoxy groups -OCH3 is 1. The molecule has 0 aliphatic heterocycles. The van der Waals surface area contributed by atoms with Crippen LogP contribution in [0.2, 0.25) is 0 Å². The highest BCUT2D eigenvalue weighted by Gasteiger charge is 2.10. The van der Waals surface area contributed by atoms with Gasteiger partial charge in [-0.3, -0.25) is 0 Å². The lowest BCUT2D eigenvalue weighted by Crippen LogP contribution is -1.83. The fourth-order valence-electron chi connectivity index (χ4n) is 1.87. The van der Waals surface area contributed by atoms with E-state index in [9.17, 15) is 0 Å². The summed E-state index contributed by atoms with van der Waals surface area (Å²) >= 11 is 2.28. The first-order valence-electron chi connectivity index (χ1n) is 5.47. The van der Waals surface area contributed by atoms with Gasteiger partial charge >= 0.3 is 0 Å². The smallest absolute Gasteiger partial charge is 0.167 e. The Balaban J connectivity index is 2.15. The van der Waals surface area contributed by atoms with Gasteiger partial charge in [-0.2, -0.15) is 0 Å². The van der Waals surface area contributed by atoms with Gasteiger partial charge in [0.2, 0.25) is 0 Å². The van der Waals surface area contributed by atoms with Gasteiger partial charge in [0.15, 0.2) is 5.58 Å². The van der Waals surface area contributed by atoms with Crippen molar-refractivity contribution < 1.29 is 9.26 Å². The van der Waals surface area contributed by atoms with E-state index in [1.165, 1.54) is 0 Å². The molecule has 3 nitrogen and oxygen atoms in total. The van der Waals surface area contributed by atoms with E-state index in [4.69, 9.17) is 9.26 Å². The van der Waals surface area contributed by atoms with Crippen LogP contribution in [0.1, 0.15) is 0 Å². The molecular weight excluding hydrogens is 341 g/mol. The summed E-state index contributed by atoms with van der Waals surface area (Å²) in [5.41, 5.74) is 2.70. The van der Waals surface area contributed by atoms with Crippen molar-refractivity contribution >= 4 is 33.6 Å². The highest BCUT2D eigenvalue weighted by Crippen LogP contribution is 2.30. The zero-order valence-electron chi connectivity index (χ0n) is 9.68. The molecule has 3 aromatic rings. The Morgan fingerprint density at radius 2 is 1.89 bits per heavy atom. The van der Waals surface area contributed by atoms with Crippen molar-refractivity contribution in [2.45, 2.75) is 0 Å². The summed E-state index contributed by atoms with van der Waals surface area (Å²) in [5, 5.41) is 5.18. The monoisotopic (exact) mass is 351 g/mol. The first-order valence-corrected chi connectivity index (χ1v) is 6.55. The summed E-state index contributed by atoms with van der Waals surface area (Å²) < 4.78 is 11.6. The van der Waals surface area contributed by atoms with Crippen LogP contribution in [0.3, 0.4) is 0 Å². The number of fused-ring (bicyclic) bond motifs is 1. The van der Waals surface area contributed by atoms with E-state index in [1.807, 2.05) is 36.4 Å². The number of halogens is 1. The van der Waals surface area contributed by atoms with Crippen LogP contribution in [0.5, 0.6) is 5.75 Å². The summed E-state index contributed by atoms with van der Waals surface area (Å²) in [6.07, 6.45) is 0. The molecule has 0 atom stereocenters. The average Bonchev–Trinajstić information content (AvgIpc) is 2.82. The largest absolute Gasteiger partial charge is 0.497 e. The molecule has 18 heavy (non-hydrogen) atoms. The Morgan fingerprint density at radius 3 is 2.61 bits per heavy atom. The lowest BCUT2D eigenvalue weighted by molar-refractivity contribution is 0.415. The fraction of sp³-hybridized carbons (Fsp3) is 0.0714. The fourth-order valence-corrected chi connectivity index (χ4v) is 2.36. The molecule has 0 unspecified atom stereocenters. The van der Waals surface area contributed by atoms with Crippen LogP contribution in [0.25, 0.3) is 22.2 Å². The molecule has 0 aliphatic carbocycles. The van der Waals surface area contributed by atoms with Gasteiger partial charge in [0.1, 0.15) is 11.4 Å². The third kappa shape index (κ3) is 1.96. The number of aromatic nitrogens is 1. The van der Waals surface area contributed by atoms with Crippen LogP contribution in [0.4, 0.5) is 0 Å². The van der Waals surface area contributed by atoms with E-state index >= 15 is 0 Å². The van der Waals surface area contributed by atoms with E-state index in [2.05, 4.69) is 33.8 Å². The summed E-state index contributed by atoms with van der Waals surface area (Å²) in [4.78, 5) is 0. The van der Waals surface area contributed by atoms with E-state index in [0.717, 1.165) is 31.5 Å². The van der Waals surface area contributed by atoms with Crippen molar-refractivity contribution in [3.63, 3.8) is 0 Å². The molecular formula is C14H10INO2. The van der Waals surface area contributed by atoms with Crippen molar-refractivity contribution in [3.05, 3.63) is 46.0 Å². The molecule has 0 amide bonds. The maximum atomic E-state index is 5.33. The summed E-state index contributed by atoms with van der Waals surface area (Å²) in [7, 11) is 1.66. The molecule has 0 saturated heterocycles. The average molecular weight is 351 g/mol. The quantitative estimate of drug-likeness (QED) is 0.652. The second-order valence-electron chi connectivity index (χ2n) is 3.90. The number of hydrogen-bond donors (Lipinski definition) is 0. The van der Waals surface area contributed by atoms with Crippen molar-refractivity contribution in [1.29, 1.82) is 0 Å². The van der Waals surface area contributed by atoms with Gasteiger partial charge in [0, 0.05) is 9.13 Å². The predicted molar refractivity (Wildman–Crippen MR) is 78.7 cm³/mol. The Morgan fingerprint density at radius 1 is 1.11 bits per heavy atom. The van der Waals surface area contributed by atoms with Crippen LogP contribution in [0, 0.1) is 3.57 Å². The van der Waals surface area contributed by atoms with Gasteiger partial charge in [-0.25, -0.2) is 0 Å². The van der Waals surface area contributed by atoms with E-state index in [-0.39, 0.29) is 0 Å². The van der Waals surface area contributed by atoms with Crippen LogP contribution in [0.15, 0.2) is 47.0 Å². The standard InChI is InChI=1S/C14H10INO2/c1-17-11-5-2-9(3-6-11)14-12-8-10(15)4-7-13(12)18-16-14/h2-8H,1H3. The first kappa shape index (κ1) is 11.5. The van der Waals surface area contributed by atoms with Crippen LogP contribution in [-0.4, -0.2) is 12.3 Å². The van der Waals surface area contributed by atoms with Gasteiger partial charge in [-0.15, -0.1) is 0 Å². The lowest BCUT2D eigenvalue weighted by Gasteiger charge is -2.00. The molecule has 1 aromatic heterocycles. The predicted octanol–water partition coefficient (Wildman–Crippen LogP) is 4.11. The minimum absolute atomic E-state index is 0.807. The molecule has 4 heteroatoms. The minimum Gasteiger partial charge on any atom is -0.497 e. The van der Waals surface area contributed by atoms with E-state index < -0.39 is 0 Å². The Kier molecular flexibility index (Phi) is 2.95. The molecule has 2 aromatic carbocycles. The highest BCUT2D eigenvalue weighted by atomic mass is 127. The van der Waals surface area contributed by atoms with E-state index in [0.29, 0.717) is 0 Å². The summed E-state index contributed by atoms with van der Waals surface area (Å²) in [6, 6.07) is 13.8. The molecule has 0 fully saturated rings. The maximum Gasteiger partial charge on any atom is 0.167 e. The molecule has 0 radical (unpaired) electrons. The number of hydrogen-bond acceptors (Lipinski definition) is 3. The molecule has 90 valence electrons. The zero-order valence-corrected chi connectivity index (χ0v) is 11.8.